The average Bonchev–Trinajstić information content (AvgIpc) is 2.03. The zero-order valence-electron chi connectivity index (χ0n) is 7.31. The maximum Gasteiger partial charge on any atom is 0.0648 e. The molecule has 1 nitrogen and oxygen atoms in total. The summed E-state index contributed by atoms with van der Waals surface area (Å²) in [6, 6.07) is 5.84. The van der Waals surface area contributed by atoms with Gasteiger partial charge >= 0.3 is 0 Å². The van der Waals surface area contributed by atoms with Crippen LogP contribution in [0.5, 0.6) is 0 Å². The molecule has 0 heterocycles. The van der Waals surface area contributed by atoms with E-state index in [1.165, 1.54) is 0 Å². The molecule has 0 atom stereocenters. The van der Waals surface area contributed by atoms with E-state index >= 15 is 0 Å². The predicted molar refractivity (Wildman–Crippen MR) is 65.2 cm³/mol. The summed E-state index contributed by atoms with van der Waals surface area (Å²) in [5.41, 5.74) is 1.00. The minimum Gasteiger partial charge on any atom is -0.384 e. The maximum absolute atomic E-state index is 5.97. The highest BCUT2D eigenvalue weighted by molar-refractivity contribution is 9.10. The number of hydrogen-bond donors (Lipinski definition) is 1. The highest BCUT2D eigenvalue weighted by atomic mass is 79.9. The molecule has 1 rings (SSSR count). The minimum atomic E-state index is 0. The van der Waals surface area contributed by atoms with Crippen LogP contribution in [0.15, 0.2) is 22.7 Å². The first kappa shape index (κ1) is 13.1. The summed E-state index contributed by atoms with van der Waals surface area (Å²) in [5, 5.41) is 4.00. The summed E-state index contributed by atoms with van der Waals surface area (Å²) in [6.45, 7) is 3.08. The lowest BCUT2D eigenvalue weighted by Crippen LogP contribution is -1.99. The summed E-state index contributed by atoms with van der Waals surface area (Å²) in [6.07, 6.45) is 1.10. The van der Waals surface area contributed by atoms with Gasteiger partial charge in [0, 0.05) is 11.0 Å². The lowest BCUT2D eigenvalue weighted by molar-refractivity contribution is 0.980. The van der Waals surface area contributed by atoms with Gasteiger partial charge in [0.05, 0.1) is 10.7 Å². The Kier molecular flexibility index (Phi) is 6.56. The van der Waals surface area contributed by atoms with Gasteiger partial charge in [0.2, 0.25) is 0 Å². The number of rotatable bonds is 3. The van der Waals surface area contributed by atoms with Gasteiger partial charge < -0.3 is 5.32 Å². The Morgan fingerprint density at radius 1 is 1.46 bits per heavy atom. The lowest BCUT2D eigenvalue weighted by Gasteiger charge is -2.06. The summed E-state index contributed by atoms with van der Waals surface area (Å²) in [5.74, 6) is 0. The van der Waals surface area contributed by atoms with E-state index in [0.29, 0.717) is 0 Å². The van der Waals surface area contributed by atoms with E-state index < -0.39 is 0 Å². The van der Waals surface area contributed by atoms with Crippen LogP contribution >= 0.6 is 39.9 Å². The molecule has 13 heavy (non-hydrogen) atoms. The summed E-state index contributed by atoms with van der Waals surface area (Å²) in [4.78, 5) is 0. The van der Waals surface area contributed by atoms with Crippen molar-refractivity contribution in [2.24, 2.45) is 0 Å². The molecule has 0 saturated carbocycles. The van der Waals surface area contributed by atoms with Crippen LogP contribution in [0.3, 0.4) is 0 Å². The van der Waals surface area contributed by atoms with Crippen LogP contribution in [0.25, 0.3) is 0 Å². The normalized spacial score (nSPS) is 9.15. The van der Waals surface area contributed by atoms with Gasteiger partial charge in [-0.15, -0.1) is 12.4 Å². The third kappa shape index (κ3) is 4.21. The Bertz CT molecular complexity index is 266. The van der Waals surface area contributed by atoms with E-state index in [2.05, 4.69) is 28.2 Å². The number of halogens is 3. The fraction of sp³-hybridized carbons (Fsp3) is 0.333. The number of benzene rings is 1. The van der Waals surface area contributed by atoms with Crippen LogP contribution in [-0.2, 0) is 0 Å². The van der Waals surface area contributed by atoms with Crippen molar-refractivity contribution in [3.8, 4) is 0 Å². The molecule has 0 bridgehead atoms. The molecule has 0 spiro atoms. The van der Waals surface area contributed by atoms with Crippen molar-refractivity contribution in [1.82, 2.24) is 0 Å². The van der Waals surface area contributed by atoms with Crippen molar-refractivity contribution in [3.63, 3.8) is 0 Å². The highest BCUT2D eigenvalue weighted by Crippen LogP contribution is 2.25. The fourth-order valence-electron chi connectivity index (χ4n) is 0.893. The van der Waals surface area contributed by atoms with Crippen LogP contribution in [0.2, 0.25) is 5.02 Å². The van der Waals surface area contributed by atoms with E-state index in [1.807, 2.05) is 18.2 Å². The zero-order valence-corrected chi connectivity index (χ0v) is 10.5. The molecular formula is C9H12BrCl2N. The molecule has 74 valence electrons. The minimum absolute atomic E-state index is 0. The summed E-state index contributed by atoms with van der Waals surface area (Å²) in [7, 11) is 0. The molecule has 1 aromatic carbocycles. The molecule has 0 aliphatic carbocycles. The largest absolute Gasteiger partial charge is 0.384 e. The van der Waals surface area contributed by atoms with Gasteiger partial charge in [0.25, 0.3) is 0 Å². The van der Waals surface area contributed by atoms with Gasteiger partial charge in [0.1, 0.15) is 0 Å². The average molecular weight is 285 g/mol. The van der Waals surface area contributed by atoms with E-state index in [9.17, 15) is 0 Å². The quantitative estimate of drug-likeness (QED) is 0.870. The second-order valence-corrected chi connectivity index (χ2v) is 3.87. The molecule has 0 saturated heterocycles. The van der Waals surface area contributed by atoms with Crippen molar-refractivity contribution < 1.29 is 0 Å². The Labute approximate surface area is 98.4 Å². The molecule has 0 aromatic heterocycles. The number of nitrogens with one attached hydrogen (secondary N) is 1. The van der Waals surface area contributed by atoms with Gasteiger partial charge in [-0.3, -0.25) is 0 Å². The zero-order chi connectivity index (χ0) is 8.97. The predicted octanol–water partition coefficient (Wildman–Crippen LogP) is 4.35. The lowest BCUT2D eigenvalue weighted by atomic mass is 10.3. The van der Waals surface area contributed by atoms with Crippen LogP contribution in [0.4, 0.5) is 5.69 Å². The maximum atomic E-state index is 5.97. The van der Waals surface area contributed by atoms with Crippen LogP contribution in [-0.4, -0.2) is 6.54 Å². The van der Waals surface area contributed by atoms with Crippen LogP contribution in [0.1, 0.15) is 13.3 Å². The Morgan fingerprint density at radius 3 is 2.69 bits per heavy atom. The van der Waals surface area contributed by atoms with Gasteiger partial charge in [-0.05, 0) is 24.6 Å². The topological polar surface area (TPSA) is 12.0 Å². The first-order valence-corrected chi connectivity index (χ1v) is 5.10. The molecule has 0 fully saturated rings. The third-order valence-electron chi connectivity index (χ3n) is 1.50. The monoisotopic (exact) mass is 283 g/mol. The molecule has 1 N–H and O–H groups in total. The van der Waals surface area contributed by atoms with Crippen molar-refractivity contribution in [2.75, 3.05) is 11.9 Å². The summed E-state index contributed by atoms with van der Waals surface area (Å²) >= 11 is 9.32. The molecule has 0 unspecified atom stereocenters. The summed E-state index contributed by atoms with van der Waals surface area (Å²) < 4.78 is 1.01. The Hall–Kier alpha value is 0.0800. The van der Waals surface area contributed by atoms with Gasteiger partial charge in [-0.25, -0.2) is 0 Å². The van der Waals surface area contributed by atoms with Crippen molar-refractivity contribution in [1.29, 1.82) is 0 Å². The molecule has 4 heteroatoms. The fourth-order valence-corrected chi connectivity index (χ4v) is 1.63. The Morgan fingerprint density at radius 2 is 2.15 bits per heavy atom. The first-order valence-electron chi connectivity index (χ1n) is 3.93. The van der Waals surface area contributed by atoms with Gasteiger partial charge in [-0.1, -0.05) is 34.5 Å². The van der Waals surface area contributed by atoms with E-state index in [0.717, 1.165) is 28.1 Å². The SMILES string of the molecule is CCCNc1ccc(Br)cc1Cl.Cl. The first-order chi connectivity index (χ1) is 5.74. The van der Waals surface area contributed by atoms with Crippen molar-refractivity contribution in [2.45, 2.75) is 13.3 Å². The van der Waals surface area contributed by atoms with Gasteiger partial charge in [0.15, 0.2) is 0 Å². The second kappa shape index (κ2) is 6.52. The highest BCUT2D eigenvalue weighted by Gasteiger charge is 1.98. The van der Waals surface area contributed by atoms with E-state index in [4.69, 9.17) is 11.6 Å². The second-order valence-electron chi connectivity index (χ2n) is 2.55. The standard InChI is InChI=1S/C9H11BrClN.ClH/c1-2-5-12-9-4-3-7(10)6-8(9)11;/h3-4,6,12H,2,5H2,1H3;1H. The Balaban J connectivity index is 0.00000144. The van der Waals surface area contributed by atoms with Crippen LogP contribution < -0.4 is 5.32 Å². The third-order valence-corrected chi connectivity index (χ3v) is 2.30. The number of anilines is 1. The molecule has 1 aromatic rings. The number of hydrogen-bond acceptors (Lipinski definition) is 1. The molecular weight excluding hydrogens is 273 g/mol. The van der Waals surface area contributed by atoms with Crippen molar-refractivity contribution in [3.05, 3.63) is 27.7 Å². The molecule has 0 radical (unpaired) electrons. The van der Waals surface area contributed by atoms with E-state index in [-0.39, 0.29) is 12.4 Å². The smallest absolute Gasteiger partial charge is 0.0648 e. The molecule has 0 aliphatic rings. The molecule has 0 aliphatic heterocycles. The van der Waals surface area contributed by atoms with Crippen molar-refractivity contribution >= 4 is 45.6 Å². The van der Waals surface area contributed by atoms with E-state index in [1.54, 1.807) is 0 Å². The van der Waals surface area contributed by atoms with Gasteiger partial charge in [-0.2, -0.15) is 0 Å². The molecule has 0 amide bonds. The van der Waals surface area contributed by atoms with Crippen LogP contribution in [0, 0.1) is 0 Å².